The first-order valence-corrected chi connectivity index (χ1v) is 8.70. The molecule has 25 heavy (non-hydrogen) atoms. The highest BCUT2D eigenvalue weighted by Gasteiger charge is 2.12. The van der Waals surface area contributed by atoms with E-state index < -0.39 is 11.6 Å². The van der Waals surface area contributed by atoms with E-state index in [0.717, 1.165) is 18.6 Å². The SMILES string of the molecule is CCCc1ccc(C#Cc2cc(F)c(SC#N)c(F)c2)c(CC)c1F. The Hall–Kier alpha value is -2.37. The van der Waals surface area contributed by atoms with Crippen molar-refractivity contribution in [3.05, 3.63) is 64.0 Å². The van der Waals surface area contributed by atoms with Crippen LogP contribution < -0.4 is 0 Å². The van der Waals surface area contributed by atoms with Gasteiger partial charge in [0.25, 0.3) is 0 Å². The lowest BCUT2D eigenvalue weighted by Gasteiger charge is -2.08. The number of benzene rings is 2. The molecule has 0 aliphatic rings. The minimum atomic E-state index is -0.837. The van der Waals surface area contributed by atoms with Crippen LogP contribution in [-0.2, 0) is 12.8 Å². The Labute approximate surface area is 149 Å². The summed E-state index contributed by atoms with van der Waals surface area (Å²) >= 11 is 0.424. The molecule has 0 aliphatic carbocycles. The molecular weight excluding hydrogens is 343 g/mol. The molecule has 0 saturated heterocycles. The van der Waals surface area contributed by atoms with Crippen molar-refractivity contribution < 1.29 is 13.2 Å². The van der Waals surface area contributed by atoms with Gasteiger partial charge in [-0.1, -0.05) is 38.2 Å². The summed E-state index contributed by atoms with van der Waals surface area (Å²) in [6, 6.07) is 5.59. The molecule has 5 heteroatoms. The number of nitriles is 1. The van der Waals surface area contributed by atoms with E-state index in [4.69, 9.17) is 5.26 Å². The first-order valence-electron chi connectivity index (χ1n) is 7.89. The minimum absolute atomic E-state index is 0.136. The fraction of sp³-hybridized carbons (Fsp3) is 0.250. The molecule has 1 nitrogen and oxygen atoms in total. The molecule has 0 unspecified atom stereocenters. The summed E-state index contributed by atoms with van der Waals surface area (Å²) in [5.74, 6) is 3.55. The Bertz CT molecular complexity index is 865. The van der Waals surface area contributed by atoms with Crippen molar-refractivity contribution in [1.29, 1.82) is 5.26 Å². The number of rotatable bonds is 4. The van der Waals surface area contributed by atoms with Crippen molar-refractivity contribution in [2.24, 2.45) is 0 Å². The van der Waals surface area contributed by atoms with Crippen molar-refractivity contribution in [2.75, 3.05) is 0 Å². The molecule has 2 aromatic rings. The molecule has 2 aromatic carbocycles. The molecule has 0 bridgehead atoms. The Morgan fingerprint density at radius 3 is 2.28 bits per heavy atom. The zero-order valence-corrected chi connectivity index (χ0v) is 14.7. The lowest BCUT2D eigenvalue weighted by atomic mass is 9.98. The van der Waals surface area contributed by atoms with Crippen LogP contribution in [0.1, 0.15) is 42.5 Å². The highest BCUT2D eigenvalue weighted by Crippen LogP contribution is 2.25. The van der Waals surface area contributed by atoms with Gasteiger partial charge in [-0.15, -0.1) is 0 Å². The summed E-state index contributed by atoms with van der Waals surface area (Å²) in [6.07, 6.45) is 1.98. The van der Waals surface area contributed by atoms with Gasteiger partial charge in [-0.2, -0.15) is 5.26 Å². The predicted octanol–water partition coefficient (Wildman–Crippen LogP) is 5.59. The monoisotopic (exact) mass is 359 g/mol. The molecule has 0 atom stereocenters. The van der Waals surface area contributed by atoms with Crippen LogP contribution >= 0.6 is 11.8 Å². The largest absolute Gasteiger partial charge is 0.206 e. The normalized spacial score (nSPS) is 10.1. The van der Waals surface area contributed by atoms with Gasteiger partial charge in [0.1, 0.15) is 22.9 Å². The molecule has 0 aromatic heterocycles. The standard InChI is InChI=1S/C20H16F3NS/c1-3-5-15-9-8-14(16(4-2)19(15)23)7-6-13-10-17(21)20(25-12-24)18(22)11-13/h8-11H,3-5H2,1-2H3. The number of thiocyanates is 1. The van der Waals surface area contributed by atoms with Gasteiger partial charge in [-0.05, 0) is 48.4 Å². The van der Waals surface area contributed by atoms with Crippen LogP contribution in [0, 0.1) is 40.0 Å². The third-order valence-electron chi connectivity index (χ3n) is 3.68. The van der Waals surface area contributed by atoms with Crippen LogP contribution in [0.15, 0.2) is 29.2 Å². The Kier molecular flexibility index (Phi) is 6.56. The van der Waals surface area contributed by atoms with E-state index in [9.17, 15) is 13.2 Å². The van der Waals surface area contributed by atoms with Crippen LogP contribution in [0.3, 0.4) is 0 Å². The molecular formula is C20H16F3NS. The molecule has 0 radical (unpaired) electrons. The summed E-state index contributed by atoms with van der Waals surface area (Å²) < 4.78 is 42.2. The molecule has 0 fully saturated rings. The van der Waals surface area contributed by atoms with Crippen LogP contribution in [-0.4, -0.2) is 0 Å². The third-order valence-corrected chi connectivity index (χ3v) is 4.37. The molecule has 2 rings (SSSR count). The summed E-state index contributed by atoms with van der Waals surface area (Å²) in [4.78, 5) is -0.350. The Morgan fingerprint density at radius 1 is 1.04 bits per heavy atom. The van der Waals surface area contributed by atoms with Gasteiger partial charge >= 0.3 is 0 Å². The smallest absolute Gasteiger partial charge is 0.142 e. The van der Waals surface area contributed by atoms with Crippen LogP contribution in [0.2, 0.25) is 0 Å². The van der Waals surface area contributed by atoms with Crippen LogP contribution in [0.25, 0.3) is 0 Å². The molecule has 0 amide bonds. The van der Waals surface area contributed by atoms with Crippen molar-refractivity contribution >= 4 is 11.8 Å². The second-order valence-corrected chi connectivity index (χ2v) is 6.18. The summed E-state index contributed by atoms with van der Waals surface area (Å²) in [5, 5.41) is 10.2. The fourth-order valence-electron chi connectivity index (χ4n) is 2.51. The van der Waals surface area contributed by atoms with Crippen LogP contribution in [0.5, 0.6) is 0 Å². The lowest BCUT2D eigenvalue weighted by Crippen LogP contribution is -1.99. The van der Waals surface area contributed by atoms with E-state index in [0.29, 0.717) is 41.3 Å². The van der Waals surface area contributed by atoms with Gasteiger partial charge in [-0.25, -0.2) is 13.2 Å². The lowest BCUT2D eigenvalue weighted by molar-refractivity contribution is 0.540. The topological polar surface area (TPSA) is 23.8 Å². The maximum atomic E-state index is 14.5. The number of aryl methyl sites for hydroxylation is 1. The number of nitrogens with zero attached hydrogens (tertiary/aromatic N) is 1. The van der Waals surface area contributed by atoms with Gasteiger partial charge in [0, 0.05) is 16.7 Å². The average molecular weight is 359 g/mol. The number of halogens is 3. The zero-order chi connectivity index (χ0) is 18.4. The highest BCUT2D eigenvalue weighted by atomic mass is 32.2. The number of hydrogen-bond acceptors (Lipinski definition) is 2. The molecule has 0 spiro atoms. The van der Waals surface area contributed by atoms with Crippen molar-refractivity contribution in [1.82, 2.24) is 0 Å². The average Bonchev–Trinajstić information content (AvgIpc) is 2.58. The maximum absolute atomic E-state index is 14.5. The van der Waals surface area contributed by atoms with E-state index in [1.165, 1.54) is 0 Å². The first kappa shape index (κ1) is 19.0. The van der Waals surface area contributed by atoms with E-state index in [-0.39, 0.29) is 16.3 Å². The zero-order valence-electron chi connectivity index (χ0n) is 13.9. The Balaban J connectivity index is 2.42. The second kappa shape index (κ2) is 8.65. The minimum Gasteiger partial charge on any atom is -0.206 e. The predicted molar refractivity (Wildman–Crippen MR) is 93.6 cm³/mol. The molecule has 0 heterocycles. The van der Waals surface area contributed by atoms with E-state index in [2.05, 4.69) is 11.8 Å². The second-order valence-electron chi connectivity index (χ2n) is 5.38. The van der Waals surface area contributed by atoms with Gasteiger partial charge < -0.3 is 0 Å². The first-order chi connectivity index (χ1) is 12.0. The summed E-state index contributed by atoms with van der Waals surface area (Å²) in [7, 11) is 0. The third kappa shape index (κ3) is 4.38. The molecule has 0 aliphatic heterocycles. The molecule has 128 valence electrons. The molecule has 0 N–H and O–H groups in total. The van der Waals surface area contributed by atoms with Crippen LogP contribution in [0.4, 0.5) is 13.2 Å². The van der Waals surface area contributed by atoms with Crippen molar-refractivity contribution in [3.8, 4) is 17.2 Å². The summed E-state index contributed by atoms with van der Waals surface area (Å²) in [5.41, 5.74) is 1.81. The van der Waals surface area contributed by atoms with Gasteiger partial charge in [0.15, 0.2) is 0 Å². The van der Waals surface area contributed by atoms with E-state index >= 15 is 0 Å². The van der Waals surface area contributed by atoms with Gasteiger partial charge in [0.05, 0.1) is 4.90 Å². The maximum Gasteiger partial charge on any atom is 0.142 e. The Morgan fingerprint density at radius 2 is 1.72 bits per heavy atom. The number of thioether (sulfide) groups is 1. The van der Waals surface area contributed by atoms with E-state index in [1.54, 1.807) is 17.5 Å². The van der Waals surface area contributed by atoms with Gasteiger partial charge in [0.2, 0.25) is 0 Å². The number of hydrogen-bond donors (Lipinski definition) is 0. The fourth-order valence-corrected chi connectivity index (χ4v) is 2.91. The van der Waals surface area contributed by atoms with Crippen molar-refractivity contribution in [2.45, 2.75) is 38.0 Å². The molecule has 0 saturated carbocycles. The van der Waals surface area contributed by atoms with E-state index in [1.807, 2.05) is 13.8 Å². The quantitative estimate of drug-likeness (QED) is 0.403. The summed E-state index contributed by atoms with van der Waals surface area (Å²) in [6.45, 7) is 3.82. The van der Waals surface area contributed by atoms with Gasteiger partial charge in [-0.3, -0.25) is 0 Å². The highest BCUT2D eigenvalue weighted by molar-refractivity contribution is 8.03. The van der Waals surface area contributed by atoms with Crippen molar-refractivity contribution in [3.63, 3.8) is 0 Å².